The fourth-order valence-corrected chi connectivity index (χ4v) is 5.56. The first-order valence-electron chi connectivity index (χ1n) is 10.3. The molecule has 32 heavy (non-hydrogen) atoms. The summed E-state index contributed by atoms with van der Waals surface area (Å²) in [4.78, 5) is 22.0. The molecule has 9 nitrogen and oxygen atoms in total. The number of aromatic nitrogens is 4. The number of H-pyrrole nitrogens is 1. The van der Waals surface area contributed by atoms with Gasteiger partial charge in [0.25, 0.3) is 5.91 Å². The van der Waals surface area contributed by atoms with E-state index >= 15 is 0 Å². The molecule has 1 aromatic carbocycles. The number of amides is 1. The first kappa shape index (κ1) is 20.4. The lowest BCUT2D eigenvalue weighted by Crippen LogP contribution is -2.50. The molecule has 1 aliphatic heterocycles. The number of nitrogens with one attached hydrogen (secondary N) is 1. The monoisotopic (exact) mass is 450 g/mol. The number of fused-ring (bicyclic) bond motifs is 1. The largest absolute Gasteiger partial charge is 0.345 e. The lowest BCUT2D eigenvalue weighted by molar-refractivity contribution is 0.0691. The molecule has 10 heteroatoms. The number of piperazine rings is 1. The highest BCUT2D eigenvalue weighted by atomic mass is 32.2. The summed E-state index contributed by atoms with van der Waals surface area (Å²) in [5, 5.41) is 5.04. The van der Waals surface area contributed by atoms with Crippen LogP contribution in [0.2, 0.25) is 0 Å². The van der Waals surface area contributed by atoms with E-state index in [2.05, 4.69) is 15.1 Å². The summed E-state index contributed by atoms with van der Waals surface area (Å²) in [5.74, 6) is -0.198. The van der Waals surface area contributed by atoms with Crippen LogP contribution in [0.15, 0.2) is 65.8 Å². The summed E-state index contributed by atoms with van der Waals surface area (Å²) in [7, 11) is -3.69. The molecule has 164 valence electrons. The Bertz CT molecular complexity index is 1390. The molecular formula is C22H22N6O3S. The second-order valence-corrected chi connectivity index (χ2v) is 9.57. The average molecular weight is 451 g/mol. The zero-order chi connectivity index (χ0) is 22.3. The molecule has 4 aromatic rings. The van der Waals surface area contributed by atoms with Gasteiger partial charge in [-0.3, -0.25) is 4.79 Å². The zero-order valence-corrected chi connectivity index (χ0v) is 18.3. The second kappa shape index (κ2) is 7.88. The van der Waals surface area contributed by atoms with E-state index in [1.165, 1.54) is 10.5 Å². The van der Waals surface area contributed by atoms with Crippen LogP contribution in [0.1, 0.15) is 16.2 Å². The predicted molar refractivity (Wildman–Crippen MR) is 119 cm³/mol. The third kappa shape index (κ3) is 3.47. The number of para-hydroxylation sites is 1. The van der Waals surface area contributed by atoms with Gasteiger partial charge in [-0.1, -0.05) is 18.2 Å². The van der Waals surface area contributed by atoms with Crippen LogP contribution in [0.25, 0.3) is 16.7 Å². The number of aromatic amines is 1. The molecule has 5 rings (SSSR count). The Balaban J connectivity index is 1.31. The van der Waals surface area contributed by atoms with Gasteiger partial charge in [0.2, 0.25) is 10.0 Å². The SMILES string of the molecule is Cc1cc(C(=O)N2CCN(S(=O)(=O)c3c[nH]c4ncccc34)CC2)nn1-c1ccccc1. The van der Waals surface area contributed by atoms with Crippen molar-refractivity contribution in [2.24, 2.45) is 0 Å². The quantitative estimate of drug-likeness (QED) is 0.513. The molecule has 0 radical (unpaired) electrons. The van der Waals surface area contributed by atoms with Crippen molar-refractivity contribution in [1.29, 1.82) is 0 Å². The Labute approximate surface area is 185 Å². The minimum atomic E-state index is -3.69. The number of carbonyl (C=O) groups is 1. The standard InChI is InChI=1S/C22H22N6O3S/c1-16-14-19(25-28(16)17-6-3-2-4-7-17)22(29)26-10-12-27(13-11-26)32(30,31)20-15-24-21-18(20)8-5-9-23-21/h2-9,14-15H,10-13H2,1H3,(H,23,24). The van der Waals surface area contributed by atoms with Gasteiger partial charge in [-0.15, -0.1) is 0 Å². The van der Waals surface area contributed by atoms with Crippen LogP contribution in [0.4, 0.5) is 0 Å². The first-order valence-corrected chi connectivity index (χ1v) is 11.7. The highest BCUT2D eigenvalue weighted by molar-refractivity contribution is 7.89. The number of hydrogen-bond donors (Lipinski definition) is 1. The number of benzene rings is 1. The molecule has 0 spiro atoms. The van der Waals surface area contributed by atoms with Crippen molar-refractivity contribution in [1.82, 2.24) is 29.0 Å². The topological polar surface area (TPSA) is 104 Å². The Kier molecular flexibility index (Phi) is 5.03. The van der Waals surface area contributed by atoms with Gasteiger partial charge in [-0.2, -0.15) is 9.40 Å². The van der Waals surface area contributed by atoms with Gasteiger partial charge in [-0.05, 0) is 37.3 Å². The third-order valence-electron chi connectivity index (χ3n) is 5.66. The van der Waals surface area contributed by atoms with E-state index in [4.69, 9.17) is 0 Å². The zero-order valence-electron chi connectivity index (χ0n) is 17.5. The van der Waals surface area contributed by atoms with Gasteiger partial charge in [0.1, 0.15) is 10.5 Å². The highest BCUT2D eigenvalue weighted by Gasteiger charge is 2.32. The highest BCUT2D eigenvalue weighted by Crippen LogP contribution is 2.25. The van der Waals surface area contributed by atoms with Gasteiger partial charge in [-0.25, -0.2) is 18.1 Å². The number of aryl methyl sites for hydroxylation is 1. The lowest BCUT2D eigenvalue weighted by Gasteiger charge is -2.33. The second-order valence-electron chi connectivity index (χ2n) is 7.67. The van der Waals surface area contributed by atoms with Gasteiger partial charge < -0.3 is 9.88 Å². The van der Waals surface area contributed by atoms with Crippen LogP contribution in [0.3, 0.4) is 0 Å². The molecular weight excluding hydrogens is 428 g/mol. The maximum absolute atomic E-state index is 13.2. The van der Waals surface area contributed by atoms with Crippen molar-refractivity contribution < 1.29 is 13.2 Å². The molecule has 0 unspecified atom stereocenters. The Morgan fingerprint density at radius 3 is 2.53 bits per heavy atom. The molecule has 0 saturated carbocycles. The normalized spacial score (nSPS) is 15.3. The molecule has 0 aliphatic carbocycles. The van der Waals surface area contributed by atoms with Gasteiger partial charge in [0, 0.05) is 49.7 Å². The summed E-state index contributed by atoms with van der Waals surface area (Å²) >= 11 is 0. The average Bonchev–Trinajstić information content (AvgIpc) is 3.43. The van der Waals surface area contributed by atoms with Gasteiger partial charge in [0.05, 0.1) is 5.69 Å². The number of carbonyl (C=O) groups excluding carboxylic acids is 1. The van der Waals surface area contributed by atoms with E-state index in [-0.39, 0.29) is 23.9 Å². The Hall–Kier alpha value is -3.50. The van der Waals surface area contributed by atoms with Gasteiger partial charge >= 0.3 is 0 Å². The number of sulfonamides is 1. The first-order chi connectivity index (χ1) is 15.4. The summed E-state index contributed by atoms with van der Waals surface area (Å²) in [5.41, 5.74) is 2.62. The Morgan fingerprint density at radius 2 is 1.78 bits per heavy atom. The fraction of sp³-hybridized carbons (Fsp3) is 0.227. The third-order valence-corrected chi connectivity index (χ3v) is 7.60. The van der Waals surface area contributed by atoms with Crippen molar-refractivity contribution in [3.8, 4) is 5.69 Å². The number of nitrogens with zero attached hydrogens (tertiary/aromatic N) is 5. The van der Waals surface area contributed by atoms with Crippen molar-refractivity contribution in [3.05, 3.63) is 72.3 Å². The van der Waals surface area contributed by atoms with Crippen LogP contribution >= 0.6 is 0 Å². The van der Waals surface area contributed by atoms with Crippen molar-refractivity contribution in [2.75, 3.05) is 26.2 Å². The molecule has 4 heterocycles. The smallest absolute Gasteiger partial charge is 0.274 e. The maximum Gasteiger partial charge on any atom is 0.274 e. The molecule has 3 aromatic heterocycles. The lowest BCUT2D eigenvalue weighted by atomic mass is 10.3. The van der Waals surface area contributed by atoms with E-state index in [1.54, 1.807) is 34.0 Å². The predicted octanol–water partition coefficient (Wildman–Crippen LogP) is 2.20. The van der Waals surface area contributed by atoms with E-state index < -0.39 is 10.0 Å². The minimum Gasteiger partial charge on any atom is -0.345 e. The molecule has 1 N–H and O–H groups in total. The van der Waals surface area contributed by atoms with Crippen LogP contribution in [0, 0.1) is 6.92 Å². The maximum atomic E-state index is 13.2. The molecule has 1 fully saturated rings. The molecule has 1 aliphatic rings. The van der Waals surface area contributed by atoms with Gasteiger partial charge in [0.15, 0.2) is 5.69 Å². The van der Waals surface area contributed by atoms with Crippen molar-refractivity contribution >= 4 is 27.0 Å². The van der Waals surface area contributed by atoms with Crippen molar-refractivity contribution in [3.63, 3.8) is 0 Å². The van der Waals surface area contributed by atoms with Crippen molar-refractivity contribution in [2.45, 2.75) is 11.8 Å². The summed E-state index contributed by atoms with van der Waals surface area (Å²) in [6.45, 7) is 2.95. The van der Waals surface area contributed by atoms with Crippen LogP contribution in [-0.4, -0.2) is 69.5 Å². The van der Waals surface area contributed by atoms with E-state index in [1.807, 2.05) is 37.3 Å². The van der Waals surface area contributed by atoms with E-state index in [0.29, 0.717) is 29.8 Å². The van der Waals surface area contributed by atoms with Crippen LogP contribution < -0.4 is 0 Å². The summed E-state index contributed by atoms with van der Waals surface area (Å²) in [6, 6.07) is 14.8. The van der Waals surface area contributed by atoms with E-state index in [9.17, 15) is 13.2 Å². The summed E-state index contributed by atoms with van der Waals surface area (Å²) < 4.78 is 29.5. The summed E-state index contributed by atoms with van der Waals surface area (Å²) in [6.07, 6.45) is 3.09. The van der Waals surface area contributed by atoms with E-state index in [0.717, 1.165) is 11.4 Å². The minimum absolute atomic E-state index is 0.198. The molecule has 0 bridgehead atoms. The molecule has 0 atom stereocenters. The number of pyridine rings is 1. The molecule has 1 saturated heterocycles. The Morgan fingerprint density at radius 1 is 1.03 bits per heavy atom. The fourth-order valence-electron chi connectivity index (χ4n) is 3.99. The van der Waals surface area contributed by atoms with Crippen LogP contribution in [0.5, 0.6) is 0 Å². The number of rotatable bonds is 4. The van der Waals surface area contributed by atoms with Crippen LogP contribution in [-0.2, 0) is 10.0 Å². The number of hydrogen-bond acceptors (Lipinski definition) is 5. The molecule has 1 amide bonds.